The highest BCUT2D eigenvalue weighted by atomic mass is 35.5. The number of rotatable bonds is 13. The van der Waals surface area contributed by atoms with Crippen LogP contribution in [0.1, 0.15) is 63.1 Å². The van der Waals surface area contributed by atoms with Gasteiger partial charge in [0, 0.05) is 30.2 Å². The van der Waals surface area contributed by atoms with E-state index in [0.717, 1.165) is 25.7 Å². The minimum absolute atomic E-state index is 0.191. The molecular formula is C31H30ClF2NO6. The van der Waals surface area contributed by atoms with Crippen molar-refractivity contribution in [1.82, 2.24) is 5.32 Å². The molecule has 0 bridgehead atoms. The third-order valence-electron chi connectivity index (χ3n) is 7.06. The molecule has 7 nitrogen and oxygen atoms in total. The van der Waals surface area contributed by atoms with Gasteiger partial charge in [-0.3, -0.25) is 4.79 Å². The van der Waals surface area contributed by atoms with Gasteiger partial charge in [0.05, 0.1) is 36.5 Å². The first-order valence-electron chi connectivity index (χ1n) is 13.6. The number of benzene rings is 3. The van der Waals surface area contributed by atoms with Crippen molar-refractivity contribution >= 4 is 23.5 Å². The summed E-state index contributed by atoms with van der Waals surface area (Å²) in [5.41, 5.74) is -0.550. The molecule has 0 atom stereocenters. The van der Waals surface area contributed by atoms with Crippen molar-refractivity contribution in [2.45, 2.75) is 31.3 Å². The molecule has 3 aromatic rings. The highest BCUT2D eigenvalue weighted by Gasteiger charge is 2.54. The molecular weight excluding hydrogens is 556 g/mol. The van der Waals surface area contributed by atoms with Crippen molar-refractivity contribution in [2.24, 2.45) is 0 Å². The van der Waals surface area contributed by atoms with Gasteiger partial charge in [-0.1, -0.05) is 12.8 Å². The highest BCUT2D eigenvalue weighted by molar-refractivity contribution is 6.17. The van der Waals surface area contributed by atoms with Crippen molar-refractivity contribution in [1.29, 1.82) is 0 Å². The minimum Gasteiger partial charge on any atom is -0.456 e. The van der Waals surface area contributed by atoms with E-state index in [0.29, 0.717) is 31.3 Å². The fraction of sp³-hybridized carbons (Fsp3) is 0.355. The molecule has 41 heavy (non-hydrogen) atoms. The zero-order valence-electron chi connectivity index (χ0n) is 22.4. The second-order valence-electron chi connectivity index (χ2n) is 9.80. The van der Waals surface area contributed by atoms with Gasteiger partial charge in [0.25, 0.3) is 5.91 Å². The van der Waals surface area contributed by atoms with Gasteiger partial charge >= 0.3 is 5.97 Å². The largest absolute Gasteiger partial charge is 0.456 e. The molecule has 2 heterocycles. The Labute approximate surface area is 241 Å². The maximum atomic E-state index is 14.5. The number of unbranched alkanes of at least 4 members (excludes halogenated alkanes) is 3. The molecule has 3 aromatic carbocycles. The molecule has 0 radical (unpaired) electrons. The van der Waals surface area contributed by atoms with E-state index in [1.807, 2.05) is 0 Å². The quantitative estimate of drug-likeness (QED) is 0.148. The lowest BCUT2D eigenvalue weighted by molar-refractivity contribution is 0.0222. The molecule has 0 saturated carbocycles. The van der Waals surface area contributed by atoms with E-state index >= 15 is 0 Å². The van der Waals surface area contributed by atoms with Crippen LogP contribution < -0.4 is 10.1 Å². The number of hydrogen-bond acceptors (Lipinski definition) is 6. The zero-order chi connectivity index (χ0) is 28.8. The standard InChI is InChI=1S/C31H30ClF2NO6/c32-11-3-1-2-4-13-38-15-16-39-14-12-35-29(36)20-5-8-23-24(17-20)31(41-30(23)37)25-18-21(33)6-9-27(25)40-28-10-7-22(34)19-26(28)31/h5-10,17-19H,1-4,11-16H2,(H,35,36). The molecule has 0 aromatic heterocycles. The number of halogens is 3. The van der Waals surface area contributed by atoms with E-state index in [9.17, 15) is 18.4 Å². The van der Waals surface area contributed by atoms with Crippen LogP contribution >= 0.6 is 11.6 Å². The Kier molecular flexibility index (Phi) is 9.17. The van der Waals surface area contributed by atoms with E-state index in [2.05, 4.69) is 5.32 Å². The molecule has 2 aliphatic rings. The van der Waals surface area contributed by atoms with Crippen molar-refractivity contribution in [3.8, 4) is 11.5 Å². The lowest BCUT2D eigenvalue weighted by atomic mass is 9.77. The third-order valence-corrected chi connectivity index (χ3v) is 7.33. The van der Waals surface area contributed by atoms with Crippen LogP contribution in [-0.4, -0.2) is 50.7 Å². The molecule has 0 fully saturated rings. The monoisotopic (exact) mass is 585 g/mol. The van der Waals surface area contributed by atoms with Crippen LogP contribution in [0.2, 0.25) is 0 Å². The van der Waals surface area contributed by atoms with Crippen molar-refractivity contribution in [2.75, 3.05) is 38.9 Å². The zero-order valence-corrected chi connectivity index (χ0v) is 23.1. The molecule has 1 spiro atoms. The van der Waals surface area contributed by atoms with Gasteiger partial charge in [-0.15, -0.1) is 11.6 Å². The number of esters is 1. The van der Waals surface area contributed by atoms with Gasteiger partial charge in [0.1, 0.15) is 23.1 Å². The summed E-state index contributed by atoms with van der Waals surface area (Å²) < 4.78 is 51.8. The Morgan fingerprint density at radius 1 is 0.805 bits per heavy atom. The number of carbonyl (C=O) groups is 2. The number of amides is 1. The molecule has 2 aliphatic heterocycles. The van der Waals surface area contributed by atoms with Gasteiger partial charge in [-0.2, -0.15) is 0 Å². The van der Waals surface area contributed by atoms with Crippen LogP contribution in [0.4, 0.5) is 8.78 Å². The average Bonchev–Trinajstić information content (AvgIpc) is 3.26. The number of nitrogens with one attached hydrogen (secondary N) is 1. The van der Waals surface area contributed by atoms with Crippen molar-refractivity contribution < 1.29 is 37.3 Å². The Balaban J connectivity index is 1.26. The first-order valence-corrected chi connectivity index (χ1v) is 14.1. The predicted octanol–water partition coefficient (Wildman–Crippen LogP) is 6.10. The number of ether oxygens (including phenoxy) is 4. The smallest absolute Gasteiger partial charge is 0.340 e. The molecule has 0 aliphatic carbocycles. The summed E-state index contributed by atoms with van der Waals surface area (Å²) >= 11 is 5.66. The van der Waals surface area contributed by atoms with Crippen LogP contribution in [0, 0.1) is 11.6 Å². The Morgan fingerprint density at radius 2 is 1.46 bits per heavy atom. The summed E-state index contributed by atoms with van der Waals surface area (Å²) in [4.78, 5) is 26.0. The van der Waals surface area contributed by atoms with Crippen molar-refractivity contribution in [3.63, 3.8) is 0 Å². The lowest BCUT2D eigenvalue weighted by Gasteiger charge is -2.36. The van der Waals surface area contributed by atoms with E-state index in [4.69, 9.17) is 30.5 Å². The van der Waals surface area contributed by atoms with Crippen LogP contribution in [0.5, 0.6) is 11.5 Å². The summed E-state index contributed by atoms with van der Waals surface area (Å²) in [5.74, 6) is -1.04. The SMILES string of the molecule is O=C(NCCOCCOCCCCCCCl)c1ccc2c(c1)C1(OC2=O)c2cc(F)ccc2Oc2ccc(F)cc21. The van der Waals surface area contributed by atoms with Crippen LogP contribution in [-0.2, 0) is 19.8 Å². The molecule has 216 valence electrons. The molecule has 1 amide bonds. The number of fused-ring (bicyclic) bond motifs is 6. The molecule has 5 rings (SSSR count). The van der Waals surface area contributed by atoms with Crippen molar-refractivity contribution in [3.05, 3.63) is 94.0 Å². The van der Waals surface area contributed by atoms with E-state index < -0.39 is 29.1 Å². The maximum Gasteiger partial charge on any atom is 0.340 e. The maximum absolute atomic E-state index is 14.5. The highest BCUT2D eigenvalue weighted by Crippen LogP contribution is 2.56. The van der Waals surface area contributed by atoms with Crippen LogP contribution in [0.15, 0.2) is 54.6 Å². The Morgan fingerprint density at radius 3 is 2.15 bits per heavy atom. The lowest BCUT2D eigenvalue weighted by Crippen LogP contribution is -2.34. The number of carbonyl (C=O) groups excluding carboxylic acids is 2. The fourth-order valence-electron chi connectivity index (χ4n) is 5.11. The second kappa shape index (κ2) is 13.0. The Hall–Kier alpha value is -3.53. The molecule has 0 saturated heterocycles. The first-order chi connectivity index (χ1) is 19.9. The molecule has 10 heteroatoms. The molecule has 1 N–H and O–H groups in total. The minimum atomic E-state index is -1.69. The summed E-state index contributed by atoms with van der Waals surface area (Å²) in [7, 11) is 0. The molecule has 0 unspecified atom stereocenters. The normalized spacial score (nSPS) is 14.2. The topological polar surface area (TPSA) is 83.1 Å². The van der Waals surface area contributed by atoms with Gasteiger partial charge in [-0.25, -0.2) is 13.6 Å². The summed E-state index contributed by atoms with van der Waals surface area (Å²) in [6, 6.07) is 12.2. The predicted molar refractivity (Wildman–Crippen MR) is 148 cm³/mol. The van der Waals surface area contributed by atoms with Gasteiger partial charge in [0.2, 0.25) is 0 Å². The second-order valence-corrected chi connectivity index (χ2v) is 10.2. The van der Waals surface area contributed by atoms with E-state index in [-0.39, 0.29) is 46.9 Å². The average molecular weight is 586 g/mol. The van der Waals surface area contributed by atoms with E-state index in [1.54, 1.807) is 0 Å². The first kappa shape index (κ1) is 29.0. The van der Waals surface area contributed by atoms with Gasteiger partial charge < -0.3 is 24.3 Å². The Bertz CT molecular complexity index is 1380. The van der Waals surface area contributed by atoms with Crippen LogP contribution in [0.25, 0.3) is 0 Å². The van der Waals surface area contributed by atoms with Gasteiger partial charge in [-0.05, 0) is 67.4 Å². The third kappa shape index (κ3) is 6.07. The van der Waals surface area contributed by atoms with Crippen LogP contribution in [0.3, 0.4) is 0 Å². The van der Waals surface area contributed by atoms with Gasteiger partial charge in [0.15, 0.2) is 5.60 Å². The summed E-state index contributed by atoms with van der Waals surface area (Å²) in [6.07, 6.45) is 4.19. The number of hydrogen-bond donors (Lipinski definition) is 1. The summed E-state index contributed by atoms with van der Waals surface area (Å²) in [5, 5.41) is 2.79. The summed E-state index contributed by atoms with van der Waals surface area (Å²) in [6.45, 7) is 2.10. The fourth-order valence-corrected chi connectivity index (χ4v) is 5.30. The van der Waals surface area contributed by atoms with E-state index in [1.165, 1.54) is 54.6 Å². The number of alkyl halides is 1.